The summed E-state index contributed by atoms with van der Waals surface area (Å²) in [7, 11) is 0. The number of benzene rings is 2. The van der Waals surface area contributed by atoms with E-state index in [1.807, 2.05) is 0 Å². The van der Waals surface area contributed by atoms with Gasteiger partial charge < -0.3 is 15.1 Å². The number of carbonyl (C=O) groups is 1. The maximum atomic E-state index is 13.1. The number of anilines is 1. The number of halogens is 5. The normalized spacial score (nSPS) is 16.3. The number of thiophene rings is 1. The van der Waals surface area contributed by atoms with Crippen molar-refractivity contribution in [2.24, 2.45) is 0 Å². The molecule has 1 unspecified atom stereocenters. The smallest absolute Gasteiger partial charge is 0.416 e. The molecule has 0 amide bonds. The third-order valence-corrected chi connectivity index (χ3v) is 6.80. The van der Waals surface area contributed by atoms with Crippen molar-refractivity contribution in [2.45, 2.75) is 19.1 Å². The molecule has 0 spiro atoms. The molecule has 2 N–H and O–H groups in total. The Kier molecular flexibility index (Phi) is 5.65. The molecule has 4 nitrogen and oxygen atoms in total. The molecular formula is C22H14Cl2F3NO3S. The van der Waals surface area contributed by atoms with Crippen molar-refractivity contribution in [2.75, 3.05) is 4.90 Å². The number of carboxylic acids is 1. The van der Waals surface area contributed by atoms with Gasteiger partial charge in [0.1, 0.15) is 10.6 Å². The zero-order valence-corrected chi connectivity index (χ0v) is 18.6. The van der Waals surface area contributed by atoms with E-state index in [1.165, 1.54) is 24.3 Å². The summed E-state index contributed by atoms with van der Waals surface area (Å²) in [6.45, 7) is 1.68. The molecule has 0 saturated heterocycles. The van der Waals surface area contributed by atoms with Gasteiger partial charge in [-0.15, -0.1) is 11.3 Å². The zero-order chi connectivity index (χ0) is 23.4. The molecule has 32 heavy (non-hydrogen) atoms. The van der Waals surface area contributed by atoms with E-state index in [-0.39, 0.29) is 26.9 Å². The lowest BCUT2D eigenvalue weighted by molar-refractivity contribution is -0.137. The predicted octanol–water partition coefficient (Wildman–Crippen LogP) is 7.57. The minimum absolute atomic E-state index is 0.0115. The Morgan fingerprint density at radius 3 is 2.47 bits per heavy atom. The zero-order valence-electron chi connectivity index (χ0n) is 16.2. The van der Waals surface area contributed by atoms with E-state index in [0.29, 0.717) is 21.2 Å². The van der Waals surface area contributed by atoms with E-state index in [4.69, 9.17) is 23.2 Å². The maximum Gasteiger partial charge on any atom is 0.416 e. The number of nitrogens with zero attached hydrogens (tertiary/aromatic N) is 1. The number of hydrogen-bond acceptors (Lipinski definition) is 4. The minimum atomic E-state index is -4.52. The molecule has 0 radical (unpaired) electrons. The van der Waals surface area contributed by atoms with Crippen LogP contribution in [0.15, 0.2) is 54.3 Å². The Morgan fingerprint density at radius 1 is 1.12 bits per heavy atom. The Labute approximate surface area is 194 Å². The fraction of sp³-hybridized carbons (Fsp3) is 0.136. The number of aliphatic hydroxyl groups is 1. The maximum absolute atomic E-state index is 13.1. The Morgan fingerprint density at radius 2 is 1.84 bits per heavy atom. The van der Waals surface area contributed by atoms with Crippen molar-refractivity contribution < 1.29 is 28.2 Å². The van der Waals surface area contributed by atoms with E-state index in [9.17, 15) is 28.2 Å². The molecule has 3 aromatic rings. The van der Waals surface area contributed by atoms with Crippen molar-refractivity contribution in [3.63, 3.8) is 0 Å². The lowest BCUT2D eigenvalue weighted by atomic mass is 9.96. The number of rotatable bonds is 4. The second kappa shape index (κ2) is 8.03. The van der Waals surface area contributed by atoms with Gasteiger partial charge in [-0.2, -0.15) is 13.2 Å². The molecule has 2 aromatic carbocycles. The van der Waals surface area contributed by atoms with Crippen LogP contribution in [0.4, 0.5) is 18.9 Å². The summed E-state index contributed by atoms with van der Waals surface area (Å²) in [5, 5.41) is 20.9. The van der Waals surface area contributed by atoms with Gasteiger partial charge in [-0.3, -0.25) is 0 Å². The van der Waals surface area contributed by atoms with Gasteiger partial charge in [-0.05, 0) is 48.9 Å². The van der Waals surface area contributed by atoms with E-state index in [0.717, 1.165) is 23.5 Å². The van der Waals surface area contributed by atoms with E-state index in [2.05, 4.69) is 0 Å². The summed E-state index contributed by atoms with van der Waals surface area (Å²) in [5.74, 6) is -1.22. The van der Waals surface area contributed by atoms with Gasteiger partial charge in [0.25, 0.3) is 0 Å². The number of alkyl halides is 3. The summed E-state index contributed by atoms with van der Waals surface area (Å²) >= 11 is 13.1. The van der Waals surface area contributed by atoms with E-state index >= 15 is 0 Å². The molecule has 2 heterocycles. The molecule has 0 saturated carbocycles. The van der Waals surface area contributed by atoms with Gasteiger partial charge in [-0.1, -0.05) is 35.3 Å². The lowest BCUT2D eigenvalue weighted by Gasteiger charge is -2.42. The van der Waals surface area contributed by atoms with Crippen molar-refractivity contribution in [3.8, 4) is 10.4 Å². The number of hydrogen-bond donors (Lipinski definition) is 2. The van der Waals surface area contributed by atoms with Crippen LogP contribution in [0.1, 0.15) is 27.7 Å². The van der Waals surface area contributed by atoms with Crippen LogP contribution in [0.5, 0.6) is 0 Å². The first-order chi connectivity index (χ1) is 15.0. The molecule has 0 bridgehead atoms. The molecule has 4 rings (SSSR count). The highest BCUT2D eigenvalue weighted by Crippen LogP contribution is 2.48. The molecule has 10 heteroatoms. The van der Waals surface area contributed by atoms with E-state index in [1.54, 1.807) is 24.0 Å². The van der Waals surface area contributed by atoms with Crippen LogP contribution in [-0.4, -0.2) is 22.2 Å². The fourth-order valence-corrected chi connectivity index (χ4v) is 5.04. The van der Waals surface area contributed by atoms with Crippen LogP contribution >= 0.6 is 34.5 Å². The SMILES string of the molecule is CC1C(O)=C(c2ccc(Cl)cc2Cl)N1c1cc(-c2cccc(C(F)(F)F)c2)sc1C(=O)O. The molecule has 1 aliphatic rings. The fourth-order valence-electron chi connectivity index (χ4n) is 3.55. The largest absolute Gasteiger partial charge is 0.508 e. The average molecular weight is 500 g/mol. The monoisotopic (exact) mass is 499 g/mol. The first-order valence-electron chi connectivity index (χ1n) is 9.21. The summed E-state index contributed by atoms with van der Waals surface area (Å²) in [6.07, 6.45) is -4.52. The predicted molar refractivity (Wildman–Crippen MR) is 120 cm³/mol. The van der Waals surface area contributed by atoms with E-state index < -0.39 is 23.8 Å². The lowest BCUT2D eigenvalue weighted by Crippen LogP contribution is -2.44. The molecule has 0 fully saturated rings. The first kappa shape index (κ1) is 22.5. The second-order valence-corrected chi connectivity index (χ2v) is 9.01. The van der Waals surface area contributed by atoms with Crippen molar-refractivity contribution in [3.05, 3.63) is 80.3 Å². The van der Waals surface area contributed by atoms with Crippen LogP contribution in [0, 0.1) is 0 Å². The van der Waals surface area contributed by atoms with Crippen molar-refractivity contribution in [1.82, 2.24) is 0 Å². The van der Waals surface area contributed by atoms with Crippen LogP contribution in [-0.2, 0) is 6.18 Å². The molecule has 1 aliphatic heterocycles. The van der Waals surface area contributed by atoms with Gasteiger partial charge in [0.2, 0.25) is 0 Å². The highest BCUT2D eigenvalue weighted by Gasteiger charge is 2.40. The van der Waals surface area contributed by atoms with Gasteiger partial charge >= 0.3 is 12.1 Å². The molecule has 166 valence electrons. The van der Waals surface area contributed by atoms with Crippen LogP contribution in [0.3, 0.4) is 0 Å². The Hall–Kier alpha value is -2.68. The highest BCUT2D eigenvalue weighted by molar-refractivity contribution is 7.18. The highest BCUT2D eigenvalue weighted by atomic mass is 35.5. The van der Waals surface area contributed by atoms with Gasteiger partial charge in [0.15, 0.2) is 0 Å². The molecule has 1 aromatic heterocycles. The summed E-state index contributed by atoms with van der Waals surface area (Å²) in [6, 6.07) is 10.3. The number of aliphatic hydroxyl groups excluding tert-OH is 1. The third-order valence-electron chi connectivity index (χ3n) is 5.09. The van der Waals surface area contributed by atoms with Gasteiger partial charge in [0, 0.05) is 15.5 Å². The molecule has 1 atom stereocenters. The number of carboxylic acid groups (broad SMARTS) is 1. The summed E-state index contributed by atoms with van der Waals surface area (Å²) in [4.78, 5) is 13.8. The quantitative estimate of drug-likeness (QED) is 0.388. The van der Waals surface area contributed by atoms with Gasteiger partial charge in [0.05, 0.1) is 28.0 Å². The second-order valence-electron chi connectivity index (χ2n) is 7.11. The topological polar surface area (TPSA) is 60.8 Å². The summed E-state index contributed by atoms with van der Waals surface area (Å²) < 4.78 is 39.4. The first-order valence-corrected chi connectivity index (χ1v) is 10.8. The summed E-state index contributed by atoms with van der Waals surface area (Å²) in [5.41, 5.74) is 0.433. The Bertz CT molecular complexity index is 1270. The van der Waals surface area contributed by atoms with Gasteiger partial charge in [-0.25, -0.2) is 4.79 Å². The average Bonchev–Trinajstić information content (AvgIpc) is 3.16. The van der Waals surface area contributed by atoms with Crippen molar-refractivity contribution >= 4 is 51.9 Å². The Balaban J connectivity index is 1.83. The third kappa shape index (κ3) is 3.83. The molecular weight excluding hydrogens is 486 g/mol. The molecule has 0 aliphatic carbocycles. The van der Waals surface area contributed by atoms with Crippen LogP contribution < -0.4 is 4.90 Å². The standard InChI is InChI=1S/C22H14Cl2F3NO3S/c1-10-19(29)18(14-6-5-13(23)8-15(14)24)28(10)16-9-17(32-20(16)21(30)31)11-3-2-4-12(7-11)22(25,26)27/h2-10,29H,1H3,(H,30,31). The minimum Gasteiger partial charge on any atom is -0.508 e. The van der Waals surface area contributed by atoms with Crippen molar-refractivity contribution in [1.29, 1.82) is 0 Å². The number of aromatic carboxylic acids is 1. The van der Waals surface area contributed by atoms with Crippen LogP contribution in [0.25, 0.3) is 16.1 Å². The van der Waals surface area contributed by atoms with Crippen LogP contribution in [0.2, 0.25) is 10.0 Å².